The molecular weight excluding hydrogens is 252 g/mol. The monoisotopic (exact) mass is 286 g/mol. The third kappa shape index (κ3) is 5.85. The summed E-state index contributed by atoms with van der Waals surface area (Å²) in [5.41, 5.74) is 3.04. The molecule has 0 spiro atoms. The highest BCUT2D eigenvalue weighted by Crippen LogP contribution is 2.34. The first-order valence-corrected chi connectivity index (χ1v) is 9.39. The summed E-state index contributed by atoms with van der Waals surface area (Å²) in [7, 11) is 0. The second kappa shape index (κ2) is 9.28. The van der Waals surface area contributed by atoms with Crippen molar-refractivity contribution in [3.8, 4) is 0 Å². The predicted octanol–water partition coefficient (Wildman–Crippen LogP) is 6.57. The molecule has 0 aliphatic heterocycles. The van der Waals surface area contributed by atoms with Crippen molar-refractivity contribution in [2.24, 2.45) is 11.8 Å². The van der Waals surface area contributed by atoms with Crippen LogP contribution in [0.5, 0.6) is 0 Å². The summed E-state index contributed by atoms with van der Waals surface area (Å²) in [5, 5.41) is 0. The Morgan fingerprint density at radius 3 is 1.76 bits per heavy atom. The lowest BCUT2D eigenvalue weighted by Crippen LogP contribution is -2.15. The van der Waals surface area contributed by atoms with Gasteiger partial charge in [-0.05, 0) is 42.2 Å². The number of unbranched alkanes of at least 4 members (excludes halogenated alkanes) is 1. The molecular formula is C21H34. The molecule has 118 valence electrons. The van der Waals surface area contributed by atoms with Crippen molar-refractivity contribution in [2.75, 3.05) is 0 Å². The van der Waals surface area contributed by atoms with Crippen LogP contribution < -0.4 is 0 Å². The minimum Gasteiger partial charge on any atom is -0.0654 e. The normalized spacial score (nSPS) is 22.4. The molecule has 0 bridgehead atoms. The third-order valence-corrected chi connectivity index (χ3v) is 5.34. The van der Waals surface area contributed by atoms with Gasteiger partial charge >= 0.3 is 0 Å². The van der Waals surface area contributed by atoms with Crippen LogP contribution in [0.1, 0.15) is 82.8 Å². The Morgan fingerprint density at radius 1 is 0.714 bits per heavy atom. The summed E-state index contributed by atoms with van der Waals surface area (Å²) in [6.07, 6.45) is 15.5. The topological polar surface area (TPSA) is 0 Å². The number of rotatable bonds is 8. The Balaban J connectivity index is 1.67. The van der Waals surface area contributed by atoms with Crippen LogP contribution in [0.2, 0.25) is 0 Å². The Labute approximate surface area is 132 Å². The minimum absolute atomic E-state index is 0.998. The highest BCUT2D eigenvalue weighted by atomic mass is 14.3. The van der Waals surface area contributed by atoms with Crippen LogP contribution in [0.25, 0.3) is 0 Å². The summed E-state index contributed by atoms with van der Waals surface area (Å²) < 4.78 is 0. The van der Waals surface area contributed by atoms with E-state index in [1.54, 1.807) is 5.56 Å². The van der Waals surface area contributed by atoms with Gasteiger partial charge < -0.3 is 0 Å². The average molecular weight is 287 g/mol. The predicted molar refractivity (Wildman–Crippen MR) is 93.7 cm³/mol. The van der Waals surface area contributed by atoms with E-state index in [1.165, 1.54) is 76.2 Å². The van der Waals surface area contributed by atoms with Gasteiger partial charge in [-0.15, -0.1) is 0 Å². The molecule has 0 nitrogen and oxygen atoms in total. The van der Waals surface area contributed by atoms with Crippen molar-refractivity contribution in [3.05, 3.63) is 35.4 Å². The molecule has 1 aliphatic rings. The van der Waals surface area contributed by atoms with Crippen LogP contribution in [0.4, 0.5) is 0 Å². The Kier molecular flexibility index (Phi) is 7.33. The summed E-state index contributed by atoms with van der Waals surface area (Å²) in [6.45, 7) is 4.57. The molecule has 0 unspecified atom stereocenters. The lowest BCUT2D eigenvalue weighted by molar-refractivity contribution is 0.250. The van der Waals surface area contributed by atoms with Gasteiger partial charge in [-0.2, -0.15) is 0 Å². The Hall–Kier alpha value is -0.780. The molecule has 0 aromatic heterocycles. The number of hydrogen-bond donors (Lipinski definition) is 0. The zero-order valence-corrected chi connectivity index (χ0v) is 14.2. The fourth-order valence-electron chi connectivity index (χ4n) is 3.83. The van der Waals surface area contributed by atoms with E-state index in [0.717, 1.165) is 11.8 Å². The first-order chi connectivity index (χ1) is 10.3. The van der Waals surface area contributed by atoms with Crippen molar-refractivity contribution in [2.45, 2.75) is 84.5 Å². The molecule has 0 heteroatoms. The van der Waals surface area contributed by atoms with E-state index in [4.69, 9.17) is 0 Å². The van der Waals surface area contributed by atoms with Gasteiger partial charge in [0.2, 0.25) is 0 Å². The number of aryl methyl sites for hydroxylation is 2. The quantitative estimate of drug-likeness (QED) is 0.507. The van der Waals surface area contributed by atoms with Gasteiger partial charge in [-0.1, -0.05) is 89.5 Å². The van der Waals surface area contributed by atoms with Crippen LogP contribution in [0.3, 0.4) is 0 Å². The van der Waals surface area contributed by atoms with E-state index in [-0.39, 0.29) is 0 Å². The standard InChI is InChI=1S/C21H34/c1-3-5-7-19-10-14-21(15-11-19)17-16-20-12-8-18(6-4-2)9-13-20/h8-9,12-13,19,21H,3-7,10-11,14-17H2,1-2H3. The molecule has 21 heavy (non-hydrogen) atoms. The number of hydrogen-bond acceptors (Lipinski definition) is 0. The minimum atomic E-state index is 0.998. The Bertz CT molecular complexity index is 368. The lowest BCUT2D eigenvalue weighted by atomic mass is 9.78. The van der Waals surface area contributed by atoms with Crippen LogP contribution in [0, 0.1) is 11.8 Å². The van der Waals surface area contributed by atoms with Gasteiger partial charge in [-0.25, -0.2) is 0 Å². The zero-order valence-electron chi connectivity index (χ0n) is 14.2. The van der Waals surface area contributed by atoms with Crippen molar-refractivity contribution in [1.29, 1.82) is 0 Å². The van der Waals surface area contributed by atoms with Gasteiger partial charge in [-0.3, -0.25) is 0 Å². The Morgan fingerprint density at radius 2 is 1.24 bits per heavy atom. The van der Waals surface area contributed by atoms with Gasteiger partial charge in [0.05, 0.1) is 0 Å². The molecule has 0 amide bonds. The van der Waals surface area contributed by atoms with E-state index in [1.807, 2.05) is 0 Å². The highest BCUT2D eigenvalue weighted by Gasteiger charge is 2.20. The van der Waals surface area contributed by atoms with Crippen molar-refractivity contribution in [3.63, 3.8) is 0 Å². The SMILES string of the molecule is CCCCC1CCC(CCc2ccc(CCC)cc2)CC1. The van der Waals surface area contributed by atoms with Gasteiger partial charge in [0.25, 0.3) is 0 Å². The van der Waals surface area contributed by atoms with Crippen LogP contribution >= 0.6 is 0 Å². The average Bonchev–Trinajstić information content (AvgIpc) is 2.53. The largest absolute Gasteiger partial charge is 0.0654 e. The van der Waals surface area contributed by atoms with Gasteiger partial charge in [0.15, 0.2) is 0 Å². The first-order valence-electron chi connectivity index (χ1n) is 9.39. The molecule has 0 saturated heterocycles. The molecule has 1 aromatic rings. The molecule has 1 aliphatic carbocycles. The van der Waals surface area contributed by atoms with Gasteiger partial charge in [0.1, 0.15) is 0 Å². The molecule has 1 aromatic carbocycles. The fraction of sp³-hybridized carbons (Fsp3) is 0.714. The van der Waals surface area contributed by atoms with Gasteiger partial charge in [0, 0.05) is 0 Å². The molecule has 1 saturated carbocycles. The molecule has 0 N–H and O–H groups in total. The van der Waals surface area contributed by atoms with E-state index in [2.05, 4.69) is 38.1 Å². The van der Waals surface area contributed by atoms with E-state index in [0.29, 0.717) is 0 Å². The molecule has 2 rings (SSSR count). The highest BCUT2D eigenvalue weighted by molar-refractivity contribution is 5.22. The van der Waals surface area contributed by atoms with E-state index >= 15 is 0 Å². The summed E-state index contributed by atoms with van der Waals surface area (Å²) in [6, 6.07) is 9.39. The van der Waals surface area contributed by atoms with E-state index < -0.39 is 0 Å². The second-order valence-electron chi connectivity index (χ2n) is 7.13. The third-order valence-electron chi connectivity index (χ3n) is 5.34. The van der Waals surface area contributed by atoms with Crippen molar-refractivity contribution in [1.82, 2.24) is 0 Å². The van der Waals surface area contributed by atoms with Crippen LogP contribution in [-0.2, 0) is 12.8 Å². The van der Waals surface area contributed by atoms with Crippen molar-refractivity contribution >= 4 is 0 Å². The maximum atomic E-state index is 2.36. The number of benzene rings is 1. The smallest absolute Gasteiger partial charge is 0.0276 e. The molecule has 0 radical (unpaired) electrons. The van der Waals surface area contributed by atoms with Crippen molar-refractivity contribution < 1.29 is 0 Å². The fourth-order valence-corrected chi connectivity index (χ4v) is 3.83. The zero-order chi connectivity index (χ0) is 14.9. The van der Waals surface area contributed by atoms with Crippen LogP contribution in [0.15, 0.2) is 24.3 Å². The molecule has 0 atom stereocenters. The second-order valence-corrected chi connectivity index (χ2v) is 7.13. The lowest BCUT2D eigenvalue weighted by Gasteiger charge is -2.28. The first kappa shape index (κ1) is 16.6. The molecule has 1 fully saturated rings. The summed E-state index contributed by atoms with van der Waals surface area (Å²) in [5.74, 6) is 2.05. The maximum Gasteiger partial charge on any atom is -0.0276 e. The summed E-state index contributed by atoms with van der Waals surface area (Å²) >= 11 is 0. The van der Waals surface area contributed by atoms with E-state index in [9.17, 15) is 0 Å². The van der Waals surface area contributed by atoms with Crippen LogP contribution in [-0.4, -0.2) is 0 Å². The molecule has 0 heterocycles. The maximum absolute atomic E-state index is 2.36. The summed E-state index contributed by atoms with van der Waals surface area (Å²) in [4.78, 5) is 0.